The van der Waals surface area contributed by atoms with Gasteiger partial charge in [0.05, 0.1) is 22.5 Å². The van der Waals surface area contributed by atoms with E-state index in [1.54, 1.807) is 23.1 Å². The fourth-order valence-corrected chi connectivity index (χ4v) is 3.96. The number of carbonyl (C=O) groups excluding carboxylic acids is 1. The molecule has 1 atom stereocenters. The zero-order chi connectivity index (χ0) is 15.4. The quantitative estimate of drug-likeness (QED) is 0.779. The molecule has 0 saturated heterocycles. The molecule has 0 unspecified atom stereocenters. The summed E-state index contributed by atoms with van der Waals surface area (Å²) in [4.78, 5) is 20.9. The Kier molecular flexibility index (Phi) is 5.42. The second-order valence-electron chi connectivity index (χ2n) is 4.96. The van der Waals surface area contributed by atoms with Crippen molar-refractivity contribution in [3.8, 4) is 0 Å². The van der Waals surface area contributed by atoms with Crippen LogP contribution in [0.25, 0.3) is 0 Å². The SMILES string of the molecule is Cc1nc(C)c([C@@H](C)N(C)C(=O)CSc2ccccc2)s1. The molecule has 1 aromatic heterocycles. The molecule has 5 heteroatoms. The van der Waals surface area contributed by atoms with Gasteiger partial charge in [0.1, 0.15) is 0 Å². The summed E-state index contributed by atoms with van der Waals surface area (Å²) >= 11 is 3.25. The van der Waals surface area contributed by atoms with Crippen molar-refractivity contribution in [3.63, 3.8) is 0 Å². The predicted octanol–water partition coefficient (Wildman–Crippen LogP) is 4.07. The summed E-state index contributed by atoms with van der Waals surface area (Å²) < 4.78 is 0. The number of rotatable bonds is 5. The molecule has 0 fully saturated rings. The Bertz CT molecular complexity index is 610. The van der Waals surface area contributed by atoms with Crippen LogP contribution in [-0.4, -0.2) is 28.6 Å². The largest absolute Gasteiger partial charge is 0.337 e. The van der Waals surface area contributed by atoms with Gasteiger partial charge in [-0.3, -0.25) is 4.79 Å². The van der Waals surface area contributed by atoms with Gasteiger partial charge in [-0.2, -0.15) is 0 Å². The fraction of sp³-hybridized carbons (Fsp3) is 0.375. The third-order valence-corrected chi connectivity index (χ3v) is 5.64. The Morgan fingerprint density at radius 2 is 2.00 bits per heavy atom. The molecule has 0 aliphatic rings. The lowest BCUT2D eigenvalue weighted by atomic mass is 10.2. The molecular formula is C16H20N2OS2. The van der Waals surface area contributed by atoms with Gasteiger partial charge in [-0.15, -0.1) is 23.1 Å². The molecule has 0 N–H and O–H groups in total. The zero-order valence-electron chi connectivity index (χ0n) is 12.8. The van der Waals surface area contributed by atoms with Gasteiger partial charge in [-0.1, -0.05) is 18.2 Å². The summed E-state index contributed by atoms with van der Waals surface area (Å²) in [6, 6.07) is 10.1. The van der Waals surface area contributed by atoms with Gasteiger partial charge in [-0.05, 0) is 32.9 Å². The number of hydrogen-bond donors (Lipinski definition) is 0. The molecule has 112 valence electrons. The normalized spacial score (nSPS) is 12.2. The molecule has 0 aliphatic carbocycles. The molecule has 1 amide bonds. The molecule has 0 bridgehead atoms. The van der Waals surface area contributed by atoms with Gasteiger partial charge in [-0.25, -0.2) is 4.98 Å². The lowest BCUT2D eigenvalue weighted by Crippen LogP contribution is -2.31. The highest BCUT2D eigenvalue weighted by atomic mass is 32.2. The second-order valence-corrected chi connectivity index (χ2v) is 7.25. The van der Waals surface area contributed by atoms with Crippen molar-refractivity contribution in [1.29, 1.82) is 0 Å². The third-order valence-electron chi connectivity index (χ3n) is 3.40. The first-order chi connectivity index (χ1) is 9.99. The van der Waals surface area contributed by atoms with Gasteiger partial charge < -0.3 is 4.90 Å². The number of nitrogens with zero attached hydrogens (tertiary/aromatic N) is 2. The van der Waals surface area contributed by atoms with Crippen molar-refractivity contribution in [2.45, 2.75) is 31.7 Å². The molecule has 0 aliphatic heterocycles. The van der Waals surface area contributed by atoms with Gasteiger partial charge in [0.25, 0.3) is 0 Å². The van der Waals surface area contributed by atoms with E-state index < -0.39 is 0 Å². The van der Waals surface area contributed by atoms with Crippen molar-refractivity contribution in [1.82, 2.24) is 9.88 Å². The Morgan fingerprint density at radius 3 is 2.57 bits per heavy atom. The molecule has 0 spiro atoms. The van der Waals surface area contributed by atoms with E-state index in [1.165, 1.54) is 4.88 Å². The summed E-state index contributed by atoms with van der Waals surface area (Å²) in [5, 5.41) is 1.05. The van der Waals surface area contributed by atoms with Crippen LogP contribution in [0, 0.1) is 13.8 Å². The Morgan fingerprint density at radius 1 is 1.33 bits per heavy atom. The van der Waals surface area contributed by atoms with E-state index in [-0.39, 0.29) is 11.9 Å². The number of carbonyl (C=O) groups is 1. The Hall–Kier alpha value is -1.33. The van der Waals surface area contributed by atoms with Gasteiger partial charge in [0.2, 0.25) is 5.91 Å². The van der Waals surface area contributed by atoms with Gasteiger partial charge in [0, 0.05) is 16.8 Å². The maximum atomic E-state index is 12.3. The van der Waals surface area contributed by atoms with Crippen LogP contribution in [0.3, 0.4) is 0 Å². The van der Waals surface area contributed by atoms with Crippen molar-refractivity contribution in [3.05, 3.63) is 45.9 Å². The maximum Gasteiger partial charge on any atom is 0.233 e. The van der Waals surface area contributed by atoms with E-state index in [1.807, 2.05) is 56.1 Å². The lowest BCUT2D eigenvalue weighted by molar-refractivity contribution is -0.128. The number of hydrogen-bond acceptors (Lipinski definition) is 4. The number of amides is 1. The van der Waals surface area contributed by atoms with Crippen LogP contribution in [0.1, 0.15) is 28.5 Å². The minimum atomic E-state index is 0.0695. The van der Waals surface area contributed by atoms with E-state index >= 15 is 0 Å². The number of thioether (sulfide) groups is 1. The Balaban J connectivity index is 1.97. The molecule has 1 heterocycles. The minimum Gasteiger partial charge on any atom is -0.337 e. The van der Waals surface area contributed by atoms with E-state index in [2.05, 4.69) is 11.9 Å². The van der Waals surface area contributed by atoms with E-state index in [0.717, 1.165) is 15.6 Å². The summed E-state index contributed by atoms with van der Waals surface area (Å²) in [5.74, 6) is 0.601. The number of benzene rings is 1. The topological polar surface area (TPSA) is 33.2 Å². The van der Waals surface area contributed by atoms with Crippen LogP contribution in [0.4, 0.5) is 0 Å². The van der Waals surface area contributed by atoms with Crippen molar-refractivity contribution < 1.29 is 4.79 Å². The predicted molar refractivity (Wildman–Crippen MR) is 89.9 cm³/mol. The molecule has 2 rings (SSSR count). The third kappa shape index (κ3) is 4.08. The van der Waals surface area contributed by atoms with Crippen LogP contribution >= 0.6 is 23.1 Å². The van der Waals surface area contributed by atoms with Gasteiger partial charge >= 0.3 is 0 Å². The molecular weight excluding hydrogens is 300 g/mol. The molecule has 3 nitrogen and oxygen atoms in total. The molecule has 1 aromatic carbocycles. The first-order valence-electron chi connectivity index (χ1n) is 6.86. The van der Waals surface area contributed by atoms with Crippen LogP contribution in [0.15, 0.2) is 35.2 Å². The number of aromatic nitrogens is 1. The molecule has 0 saturated carbocycles. The first-order valence-corrected chi connectivity index (χ1v) is 8.66. The fourth-order valence-electron chi connectivity index (χ4n) is 2.09. The standard InChI is InChI=1S/C16H20N2OS2/c1-11-16(21-13(3)17-11)12(2)18(4)15(19)10-20-14-8-6-5-7-9-14/h5-9,12H,10H2,1-4H3/t12-/m1/s1. The lowest BCUT2D eigenvalue weighted by Gasteiger charge is -2.24. The summed E-state index contributed by atoms with van der Waals surface area (Å²) in [5.41, 5.74) is 1.03. The highest BCUT2D eigenvalue weighted by molar-refractivity contribution is 8.00. The zero-order valence-corrected chi connectivity index (χ0v) is 14.4. The summed E-state index contributed by atoms with van der Waals surface area (Å²) in [7, 11) is 1.87. The summed E-state index contributed by atoms with van der Waals surface area (Å²) in [6.07, 6.45) is 0. The van der Waals surface area contributed by atoms with E-state index in [0.29, 0.717) is 5.75 Å². The average molecular weight is 320 g/mol. The van der Waals surface area contributed by atoms with Crippen LogP contribution in [-0.2, 0) is 4.79 Å². The van der Waals surface area contributed by atoms with Crippen LogP contribution < -0.4 is 0 Å². The maximum absolute atomic E-state index is 12.3. The van der Waals surface area contributed by atoms with Gasteiger partial charge in [0.15, 0.2) is 0 Å². The molecule has 21 heavy (non-hydrogen) atoms. The van der Waals surface area contributed by atoms with E-state index in [9.17, 15) is 4.79 Å². The van der Waals surface area contributed by atoms with E-state index in [4.69, 9.17) is 0 Å². The summed E-state index contributed by atoms with van der Waals surface area (Å²) in [6.45, 7) is 6.07. The highest BCUT2D eigenvalue weighted by Gasteiger charge is 2.21. The minimum absolute atomic E-state index is 0.0695. The molecule has 2 aromatic rings. The number of aryl methyl sites for hydroxylation is 2. The van der Waals surface area contributed by atoms with Crippen LogP contribution in [0.2, 0.25) is 0 Å². The van der Waals surface area contributed by atoms with Crippen molar-refractivity contribution in [2.24, 2.45) is 0 Å². The number of thiazole rings is 1. The average Bonchev–Trinajstić information content (AvgIpc) is 2.83. The first kappa shape index (κ1) is 16.0. The van der Waals surface area contributed by atoms with Crippen LogP contribution in [0.5, 0.6) is 0 Å². The van der Waals surface area contributed by atoms with Crippen molar-refractivity contribution in [2.75, 3.05) is 12.8 Å². The Labute approximate surface area is 134 Å². The smallest absolute Gasteiger partial charge is 0.233 e. The highest BCUT2D eigenvalue weighted by Crippen LogP contribution is 2.29. The van der Waals surface area contributed by atoms with Crippen molar-refractivity contribution >= 4 is 29.0 Å². The monoisotopic (exact) mass is 320 g/mol. The molecule has 0 radical (unpaired) electrons. The second kappa shape index (κ2) is 7.09.